The summed E-state index contributed by atoms with van der Waals surface area (Å²) in [5.41, 5.74) is 3.11. The van der Waals surface area contributed by atoms with Crippen molar-refractivity contribution in [3.8, 4) is 11.1 Å². The van der Waals surface area contributed by atoms with Crippen LogP contribution in [0.15, 0.2) is 59.9 Å². The van der Waals surface area contributed by atoms with E-state index in [1.54, 1.807) is 36.6 Å². The molecule has 0 unspecified atom stereocenters. The lowest BCUT2D eigenvalue weighted by atomic mass is 9.99. The van der Waals surface area contributed by atoms with Gasteiger partial charge in [-0.2, -0.15) is 0 Å². The molecule has 5 rings (SSSR count). The van der Waals surface area contributed by atoms with Crippen molar-refractivity contribution in [1.82, 2.24) is 19.3 Å². The molecule has 1 aliphatic carbocycles. The van der Waals surface area contributed by atoms with Gasteiger partial charge >= 0.3 is 0 Å². The van der Waals surface area contributed by atoms with Gasteiger partial charge in [-0.25, -0.2) is 13.8 Å². The molecule has 1 saturated carbocycles. The van der Waals surface area contributed by atoms with Gasteiger partial charge in [0.05, 0.1) is 11.3 Å². The van der Waals surface area contributed by atoms with Crippen LogP contribution in [0.3, 0.4) is 0 Å². The van der Waals surface area contributed by atoms with Gasteiger partial charge in [-0.3, -0.25) is 19.2 Å². The second kappa shape index (κ2) is 11.4. The molecule has 3 N–H and O–H groups in total. The number of hydrogen-bond acceptors (Lipinski definition) is 5. The molecule has 0 saturated heterocycles. The smallest absolute Gasteiger partial charge is 0.267 e. The first-order valence-corrected chi connectivity index (χ1v) is 13.7. The van der Waals surface area contributed by atoms with Crippen LogP contribution >= 0.6 is 0 Å². The Morgan fingerprint density at radius 1 is 1.07 bits per heavy atom. The maximum absolute atomic E-state index is 14.1. The van der Waals surface area contributed by atoms with Crippen molar-refractivity contribution in [2.75, 3.05) is 10.6 Å². The monoisotopic (exact) mass is 570 g/mol. The molecule has 0 aliphatic heterocycles. The normalized spacial score (nSPS) is 12.7. The molecule has 1 aliphatic rings. The van der Waals surface area contributed by atoms with Crippen LogP contribution in [0, 0.1) is 19.7 Å². The highest BCUT2D eigenvalue weighted by Crippen LogP contribution is 2.31. The van der Waals surface area contributed by atoms with Gasteiger partial charge < -0.3 is 20.5 Å². The fourth-order valence-electron chi connectivity index (χ4n) is 4.82. The maximum Gasteiger partial charge on any atom is 0.267 e. The molecule has 42 heavy (non-hydrogen) atoms. The summed E-state index contributed by atoms with van der Waals surface area (Å²) < 4.78 is 16.4. The lowest BCUT2D eigenvalue weighted by Gasteiger charge is -2.15. The van der Waals surface area contributed by atoms with Gasteiger partial charge in [-0.05, 0) is 75.6 Å². The number of halogens is 1. The zero-order chi connectivity index (χ0) is 30.1. The van der Waals surface area contributed by atoms with Crippen LogP contribution in [0.2, 0.25) is 0 Å². The first-order valence-electron chi connectivity index (χ1n) is 13.7. The summed E-state index contributed by atoms with van der Waals surface area (Å²) in [6.45, 7) is 8.80. The van der Waals surface area contributed by atoms with Gasteiger partial charge in [0, 0.05) is 39.9 Å². The number of aryl methyl sites for hydroxylation is 2. The van der Waals surface area contributed by atoms with E-state index in [0.717, 1.165) is 18.9 Å². The number of imidazole rings is 1. The minimum atomic E-state index is -0.492. The SMILES string of the molecule is C=CC(=O)Nc1cc(C(=O)NC2CC2)ccc1-c1c(CC)nc2n(CC(=O)Nc3ccc(F)cc3)c(C)c(C)n2c1=O. The molecule has 3 amide bonds. The predicted molar refractivity (Wildman–Crippen MR) is 158 cm³/mol. The Morgan fingerprint density at radius 2 is 1.79 bits per heavy atom. The molecule has 2 aromatic heterocycles. The lowest BCUT2D eigenvalue weighted by molar-refractivity contribution is -0.116. The minimum absolute atomic E-state index is 0.124. The number of aromatic nitrogens is 3. The van der Waals surface area contributed by atoms with Crippen molar-refractivity contribution in [3.63, 3.8) is 0 Å². The second-order valence-electron chi connectivity index (χ2n) is 10.2. The second-order valence-corrected chi connectivity index (χ2v) is 10.2. The number of carbonyl (C=O) groups is 3. The fraction of sp³-hybridized carbons (Fsp3) is 0.258. The summed E-state index contributed by atoms with van der Waals surface area (Å²) in [6.07, 6.45) is 3.35. The summed E-state index contributed by atoms with van der Waals surface area (Å²) in [6, 6.07) is 10.4. The molecule has 1 fully saturated rings. The first-order chi connectivity index (χ1) is 20.1. The van der Waals surface area contributed by atoms with E-state index < -0.39 is 11.7 Å². The Hall–Kier alpha value is -5.06. The Morgan fingerprint density at radius 3 is 2.43 bits per heavy atom. The summed E-state index contributed by atoms with van der Waals surface area (Å²) in [4.78, 5) is 57.0. The molecule has 0 spiro atoms. The number of hydrogen-bond donors (Lipinski definition) is 3. The maximum atomic E-state index is 14.1. The van der Waals surface area contributed by atoms with Crippen LogP contribution in [0.4, 0.5) is 15.8 Å². The van der Waals surface area contributed by atoms with Crippen LogP contribution in [0.25, 0.3) is 16.9 Å². The molecule has 2 aromatic carbocycles. The molecule has 11 heteroatoms. The van der Waals surface area contributed by atoms with Crippen molar-refractivity contribution in [3.05, 3.63) is 93.9 Å². The molecule has 10 nitrogen and oxygen atoms in total. The zero-order valence-electron chi connectivity index (χ0n) is 23.6. The summed E-state index contributed by atoms with van der Waals surface area (Å²) in [5, 5.41) is 8.41. The molecule has 216 valence electrons. The zero-order valence-corrected chi connectivity index (χ0v) is 23.6. The van der Waals surface area contributed by atoms with Gasteiger partial charge in [0.15, 0.2) is 0 Å². The Labute approximate surface area is 241 Å². The van der Waals surface area contributed by atoms with Crippen molar-refractivity contribution >= 4 is 34.9 Å². The number of nitrogens with one attached hydrogen (secondary N) is 3. The van der Waals surface area contributed by atoms with Crippen molar-refractivity contribution < 1.29 is 18.8 Å². The largest absolute Gasteiger partial charge is 0.349 e. The van der Waals surface area contributed by atoms with E-state index >= 15 is 0 Å². The van der Waals surface area contributed by atoms with Gasteiger partial charge in [0.2, 0.25) is 17.6 Å². The first kappa shape index (κ1) is 28.5. The number of fused-ring (bicyclic) bond motifs is 1. The highest BCUT2D eigenvalue weighted by atomic mass is 19.1. The van der Waals surface area contributed by atoms with Crippen molar-refractivity contribution in [2.45, 2.75) is 52.6 Å². The molecule has 0 atom stereocenters. The Kier molecular flexibility index (Phi) is 7.75. The predicted octanol–water partition coefficient (Wildman–Crippen LogP) is 4.14. The van der Waals surface area contributed by atoms with E-state index in [1.165, 1.54) is 28.7 Å². The van der Waals surface area contributed by atoms with Crippen molar-refractivity contribution in [1.29, 1.82) is 0 Å². The third kappa shape index (κ3) is 5.58. The molecule has 0 bridgehead atoms. The molecular formula is C31H31FN6O4. The Bertz CT molecular complexity index is 1800. The average Bonchev–Trinajstić information content (AvgIpc) is 3.76. The standard InChI is InChI=1S/C31H31FN6O4/c1-5-24-28(23-14-7-19(29(41)34-22-12-13-22)15-25(23)35-26(39)6-2)30(42)38-18(4)17(3)37(31(38)36-24)16-27(40)33-21-10-8-20(32)9-11-21/h6-11,14-15,22H,2,5,12-13,16H2,1,3-4H3,(H,33,40)(H,34,41)(H,35,39). The Balaban J connectivity index is 1.59. The van der Waals surface area contributed by atoms with E-state index in [9.17, 15) is 23.6 Å². The molecular weight excluding hydrogens is 539 g/mol. The van der Waals surface area contributed by atoms with Gasteiger partial charge in [-0.15, -0.1) is 0 Å². The van der Waals surface area contributed by atoms with E-state index in [4.69, 9.17) is 4.98 Å². The third-order valence-electron chi connectivity index (χ3n) is 7.32. The van der Waals surface area contributed by atoms with Crippen LogP contribution in [-0.2, 0) is 22.6 Å². The van der Waals surface area contributed by atoms with Gasteiger partial charge in [0.25, 0.3) is 11.5 Å². The minimum Gasteiger partial charge on any atom is -0.349 e. The molecule has 0 radical (unpaired) electrons. The summed E-state index contributed by atoms with van der Waals surface area (Å²) in [5.74, 6) is -1.24. The highest BCUT2D eigenvalue weighted by molar-refractivity contribution is 6.04. The quantitative estimate of drug-likeness (QED) is 0.261. The number of carbonyl (C=O) groups excluding carboxylic acids is 3. The topological polar surface area (TPSA) is 127 Å². The number of rotatable bonds is 9. The fourth-order valence-corrected chi connectivity index (χ4v) is 4.82. The van der Waals surface area contributed by atoms with Crippen LogP contribution in [-0.4, -0.2) is 37.7 Å². The summed E-state index contributed by atoms with van der Waals surface area (Å²) >= 11 is 0. The van der Waals surface area contributed by atoms with E-state index in [1.807, 2.05) is 6.92 Å². The van der Waals surface area contributed by atoms with E-state index in [0.29, 0.717) is 46.1 Å². The van der Waals surface area contributed by atoms with Crippen LogP contribution in [0.5, 0.6) is 0 Å². The number of benzene rings is 2. The molecule has 2 heterocycles. The average molecular weight is 571 g/mol. The number of amides is 3. The van der Waals surface area contributed by atoms with Crippen LogP contribution in [0.1, 0.15) is 47.2 Å². The van der Waals surface area contributed by atoms with E-state index in [-0.39, 0.29) is 41.2 Å². The number of anilines is 2. The van der Waals surface area contributed by atoms with Gasteiger partial charge in [-0.1, -0.05) is 19.6 Å². The summed E-state index contributed by atoms with van der Waals surface area (Å²) in [7, 11) is 0. The molecule has 4 aromatic rings. The lowest BCUT2D eigenvalue weighted by Crippen LogP contribution is -2.26. The highest BCUT2D eigenvalue weighted by Gasteiger charge is 2.26. The van der Waals surface area contributed by atoms with E-state index in [2.05, 4.69) is 22.5 Å². The third-order valence-corrected chi connectivity index (χ3v) is 7.32. The van der Waals surface area contributed by atoms with Crippen molar-refractivity contribution in [2.24, 2.45) is 0 Å². The van der Waals surface area contributed by atoms with Crippen LogP contribution < -0.4 is 21.5 Å². The van der Waals surface area contributed by atoms with Gasteiger partial charge in [0.1, 0.15) is 12.4 Å². The number of nitrogens with zero attached hydrogens (tertiary/aromatic N) is 3.